The number of aromatic nitrogens is 1. The zero-order valence-electron chi connectivity index (χ0n) is 22.7. The van der Waals surface area contributed by atoms with Crippen molar-refractivity contribution in [3.05, 3.63) is 35.7 Å². The highest BCUT2D eigenvalue weighted by molar-refractivity contribution is 5.86. The third-order valence-corrected chi connectivity index (χ3v) is 6.57. The molecule has 2 aliphatic rings. The van der Waals surface area contributed by atoms with Crippen molar-refractivity contribution in [1.82, 2.24) is 4.98 Å². The van der Waals surface area contributed by atoms with E-state index in [-0.39, 0.29) is 12.0 Å². The number of anilines is 1. The zero-order chi connectivity index (χ0) is 26.0. The monoisotopic (exact) mass is 485 g/mol. The molecule has 1 aromatic rings. The largest absolute Gasteiger partial charge is 0.479 e. The predicted octanol–water partition coefficient (Wildman–Crippen LogP) is 5.38. The number of carboxylic acids is 1. The molecule has 7 heteroatoms. The smallest absolute Gasteiger partial charge is 0.336 e. The van der Waals surface area contributed by atoms with Crippen LogP contribution in [0.25, 0.3) is 0 Å². The molecule has 0 spiro atoms. The van der Waals surface area contributed by atoms with E-state index in [1.165, 1.54) is 0 Å². The van der Waals surface area contributed by atoms with Gasteiger partial charge in [0.05, 0.1) is 18.2 Å². The van der Waals surface area contributed by atoms with E-state index >= 15 is 0 Å². The lowest BCUT2D eigenvalue weighted by atomic mass is 9.82. The summed E-state index contributed by atoms with van der Waals surface area (Å²) in [5, 5.41) is 10.1. The fraction of sp³-hybridized carbons (Fsp3) is 0.679. The van der Waals surface area contributed by atoms with Gasteiger partial charge in [0.25, 0.3) is 0 Å². The fourth-order valence-electron chi connectivity index (χ4n) is 4.44. The Morgan fingerprint density at radius 3 is 2.43 bits per heavy atom. The van der Waals surface area contributed by atoms with Crippen molar-refractivity contribution in [2.45, 2.75) is 91.6 Å². The Kier molecular flexibility index (Phi) is 8.12. The van der Waals surface area contributed by atoms with Crippen molar-refractivity contribution < 1.29 is 19.4 Å². The van der Waals surface area contributed by atoms with E-state index < -0.39 is 23.3 Å². The normalized spacial score (nSPS) is 25.2. The second kappa shape index (κ2) is 10.4. The summed E-state index contributed by atoms with van der Waals surface area (Å²) < 4.78 is 12.2. The summed E-state index contributed by atoms with van der Waals surface area (Å²) >= 11 is 0. The highest BCUT2D eigenvalue weighted by Crippen LogP contribution is 2.38. The van der Waals surface area contributed by atoms with Gasteiger partial charge in [-0.2, -0.15) is 0 Å². The number of aryl methyl sites for hydroxylation is 1. The number of ether oxygens (including phenoxy) is 2. The molecular formula is C28H43N3O4. The topological polar surface area (TPSA) is 84.2 Å². The van der Waals surface area contributed by atoms with Gasteiger partial charge in [0.15, 0.2) is 11.7 Å². The predicted molar refractivity (Wildman–Crippen MR) is 140 cm³/mol. The summed E-state index contributed by atoms with van der Waals surface area (Å²) in [7, 11) is 0. The van der Waals surface area contributed by atoms with Crippen molar-refractivity contribution in [3.63, 3.8) is 0 Å². The number of aliphatic carboxylic acids is 1. The fourth-order valence-corrected chi connectivity index (χ4v) is 4.44. The molecule has 0 radical (unpaired) electrons. The van der Waals surface area contributed by atoms with Crippen LogP contribution < -0.4 is 4.90 Å². The molecule has 35 heavy (non-hydrogen) atoms. The highest BCUT2D eigenvalue weighted by atomic mass is 16.6. The van der Waals surface area contributed by atoms with Crippen LogP contribution in [0.3, 0.4) is 0 Å². The molecule has 7 nitrogen and oxygen atoms in total. The van der Waals surface area contributed by atoms with Gasteiger partial charge in [0, 0.05) is 42.4 Å². The highest BCUT2D eigenvalue weighted by Gasteiger charge is 2.46. The number of dihydropyridines is 1. The van der Waals surface area contributed by atoms with E-state index in [9.17, 15) is 9.90 Å². The number of carbonyl (C=O) groups is 1. The number of hydrogen-bond donors (Lipinski definition) is 1. The maximum absolute atomic E-state index is 12.3. The Bertz CT molecular complexity index is 937. The molecule has 0 amide bonds. The quantitative estimate of drug-likeness (QED) is 0.498. The van der Waals surface area contributed by atoms with E-state index in [2.05, 4.69) is 29.8 Å². The number of rotatable bonds is 8. The number of carboxylic acid groups (broad SMARTS) is 1. The van der Waals surface area contributed by atoms with Gasteiger partial charge in [0.1, 0.15) is 0 Å². The van der Waals surface area contributed by atoms with Crippen molar-refractivity contribution in [2.24, 2.45) is 16.3 Å². The maximum atomic E-state index is 12.3. The molecule has 1 N–H and O–H groups in total. The van der Waals surface area contributed by atoms with Gasteiger partial charge < -0.3 is 19.5 Å². The van der Waals surface area contributed by atoms with Crippen molar-refractivity contribution in [1.29, 1.82) is 0 Å². The first-order valence-electron chi connectivity index (χ1n) is 12.7. The van der Waals surface area contributed by atoms with Crippen molar-refractivity contribution in [3.8, 4) is 0 Å². The summed E-state index contributed by atoms with van der Waals surface area (Å²) in [6.45, 7) is 18.6. The first-order chi connectivity index (χ1) is 16.2. The Labute approximate surface area is 210 Å². The van der Waals surface area contributed by atoms with Crippen LogP contribution in [0, 0.1) is 18.3 Å². The van der Waals surface area contributed by atoms with Crippen LogP contribution in [0.15, 0.2) is 29.4 Å². The molecule has 0 saturated carbocycles. The minimum Gasteiger partial charge on any atom is -0.479 e. The molecule has 3 heterocycles. The van der Waals surface area contributed by atoms with Gasteiger partial charge in [-0.3, -0.25) is 9.98 Å². The number of aliphatic imine (C=N–C) groups is 1. The van der Waals surface area contributed by atoms with Gasteiger partial charge >= 0.3 is 5.97 Å². The van der Waals surface area contributed by atoms with Crippen LogP contribution in [0.5, 0.6) is 0 Å². The minimum atomic E-state index is -1.28. The molecule has 0 bridgehead atoms. The first-order valence-corrected chi connectivity index (χ1v) is 12.7. The Balaban J connectivity index is 1.94. The third-order valence-electron chi connectivity index (χ3n) is 6.57. The van der Waals surface area contributed by atoms with Gasteiger partial charge in [0.2, 0.25) is 0 Å². The van der Waals surface area contributed by atoms with Crippen LogP contribution >= 0.6 is 0 Å². The molecule has 194 valence electrons. The first kappa shape index (κ1) is 27.3. The number of piperidine rings is 1. The summed E-state index contributed by atoms with van der Waals surface area (Å²) in [6.07, 6.45) is 8.34. The Morgan fingerprint density at radius 1 is 1.26 bits per heavy atom. The average Bonchev–Trinajstić information content (AvgIpc) is 2.76. The molecule has 3 atom stereocenters. The summed E-state index contributed by atoms with van der Waals surface area (Å²) in [4.78, 5) is 24.1. The van der Waals surface area contributed by atoms with Crippen molar-refractivity contribution >= 4 is 17.9 Å². The SMILES string of the molecule is Cc1cc(N2CCC(C)(C)CC2)c(C2C=CC(OCC(C)C)(C(OC(C)(C)C)C(=O)O)C=N2)cn1. The van der Waals surface area contributed by atoms with Gasteiger partial charge in [-0.05, 0) is 64.0 Å². The van der Waals surface area contributed by atoms with Gasteiger partial charge in [-0.25, -0.2) is 4.79 Å². The van der Waals surface area contributed by atoms with E-state index in [1.807, 2.05) is 59.9 Å². The molecule has 0 aromatic carbocycles. The van der Waals surface area contributed by atoms with Gasteiger partial charge in [-0.1, -0.05) is 33.8 Å². The average molecular weight is 486 g/mol. The van der Waals surface area contributed by atoms with Crippen molar-refractivity contribution in [2.75, 3.05) is 24.6 Å². The molecule has 1 fully saturated rings. The maximum Gasteiger partial charge on any atom is 0.336 e. The zero-order valence-corrected chi connectivity index (χ0v) is 22.7. The summed E-state index contributed by atoms with van der Waals surface area (Å²) in [6, 6.07) is 1.87. The van der Waals surface area contributed by atoms with E-state index in [0.29, 0.717) is 12.0 Å². The number of pyridine rings is 1. The second-order valence-corrected chi connectivity index (χ2v) is 12.1. The van der Waals surface area contributed by atoms with Crippen LogP contribution in [0.2, 0.25) is 0 Å². The molecule has 2 aliphatic heterocycles. The molecule has 3 rings (SSSR count). The minimum absolute atomic E-state index is 0.228. The summed E-state index contributed by atoms with van der Waals surface area (Å²) in [5.41, 5.74) is 1.55. The van der Waals surface area contributed by atoms with Crippen LogP contribution in [0.1, 0.15) is 78.6 Å². The lowest BCUT2D eigenvalue weighted by Crippen LogP contribution is -2.54. The standard InChI is InChI=1S/C28H43N3O4/c1-19(2)17-34-28(24(25(32)33)35-26(4,5)6)10-9-22(30-18-28)21-16-29-20(3)15-23(21)31-13-11-27(7,8)12-14-31/h9-10,15-16,18-19,22,24H,11-14,17H2,1-8H3,(H,32,33). The Hall–Kier alpha value is -2.25. The summed E-state index contributed by atoms with van der Waals surface area (Å²) in [5.74, 6) is -0.849. The lowest BCUT2D eigenvalue weighted by Gasteiger charge is -2.40. The lowest BCUT2D eigenvalue weighted by molar-refractivity contribution is -0.180. The second-order valence-electron chi connectivity index (χ2n) is 12.1. The van der Waals surface area contributed by atoms with E-state index in [4.69, 9.17) is 14.5 Å². The van der Waals surface area contributed by atoms with E-state index in [0.717, 1.165) is 42.9 Å². The molecular weight excluding hydrogens is 442 g/mol. The van der Waals surface area contributed by atoms with Crippen LogP contribution in [0.4, 0.5) is 5.69 Å². The van der Waals surface area contributed by atoms with Crippen LogP contribution in [-0.2, 0) is 14.3 Å². The van der Waals surface area contributed by atoms with E-state index in [1.54, 1.807) is 6.21 Å². The molecule has 1 aromatic heterocycles. The third kappa shape index (κ3) is 6.91. The van der Waals surface area contributed by atoms with Crippen LogP contribution in [-0.4, -0.2) is 59.3 Å². The van der Waals surface area contributed by atoms with Gasteiger partial charge in [-0.15, -0.1) is 0 Å². The number of hydrogen-bond acceptors (Lipinski definition) is 6. The molecule has 0 aliphatic carbocycles. The Morgan fingerprint density at radius 2 is 1.91 bits per heavy atom. The molecule has 3 unspecified atom stereocenters. The molecule has 1 saturated heterocycles. The number of nitrogens with zero attached hydrogens (tertiary/aromatic N) is 3.